The zero-order chi connectivity index (χ0) is 13.6. The molecule has 2 unspecified atom stereocenters. The van der Waals surface area contributed by atoms with Crippen molar-refractivity contribution in [1.29, 1.82) is 0 Å². The van der Waals surface area contributed by atoms with Gasteiger partial charge in [-0.15, -0.1) is 0 Å². The molecule has 106 valence electrons. The highest BCUT2D eigenvalue weighted by Crippen LogP contribution is 2.36. The Labute approximate surface area is 115 Å². The average Bonchev–Trinajstić information content (AvgIpc) is 2.28. The maximum absolute atomic E-state index is 11.6. The number of carboxylic acids is 1. The molecule has 0 aliphatic heterocycles. The van der Waals surface area contributed by atoms with E-state index in [-0.39, 0.29) is 6.04 Å². The summed E-state index contributed by atoms with van der Waals surface area (Å²) in [6.45, 7) is 6.25. The topological polar surface area (TPSA) is 49.3 Å². The number of aliphatic carboxylic acids is 1. The Morgan fingerprint density at radius 1 is 1.56 bits per heavy atom. The third-order valence-corrected chi connectivity index (χ3v) is 4.93. The molecule has 1 aliphatic rings. The first-order chi connectivity index (χ1) is 8.50. The third kappa shape index (κ3) is 4.47. The van der Waals surface area contributed by atoms with Crippen LogP contribution in [0.3, 0.4) is 0 Å². The van der Waals surface area contributed by atoms with Crippen LogP contribution in [-0.4, -0.2) is 33.7 Å². The highest BCUT2D eigenvalue weighted by atomic mass is 32.2. The number of unbranched alkanes of at least 4 members (excludes halogenated alkanes) is 1. The van der Waals surface area contributed by atoms with Crippen molar-refractivity contribution in [1.82, 2.24) is 5.32 Å². The maximum Gasteiger partial charge on any atom is 0.323 e. The van der Waals surface area contributed by atoms with Gasteiger partial charge >= 0.3 is 5.97 Å². The van der Waals surface area contributed by atoms with Crippen LogP contribution in [0.15, 0.2) is 0 Å². The molecule has 0 amide bonds. The normalized spacial score (nSPS) is 28.6. The van der Waals surface area contributed by atoms with E-state index in [0.717, 1.165) is 19.3 Å². The second-order valence-corrected chi connectivity index (χ2v) is 7.04. The van der Waals surface area contributed by atoms with Gasteiger partial charge in [-0.1, -0.05) is 13.3 Å². The van der Waals surface area contributed by atoms with E-state index < -0.39 is 11.5 Å². The Bertz CT molecular complexity index is 271. The van der Waals surface area contributed by atoms with Crippen molar-refractivity contribution in [2.24, 2.45) is 0 Å². The van der Waals surface area contributed by atoms with Gasteiger partial charge in [0.1, 0.15) is 5.54 Å². The third-order valence-electron chi connectivity index (χ3n) is 3.53. The number of carbonyl (C=O) groups is 1. The number of thioether (sulfide) groups is 1. The molecular weight excluding hydrogens is 246 g/mol. The molecule has 1 fully saturated rings. The molecule has 0 aromatic heterocycles. The average molecular weight is 273 g/mol. The summed E-state index contributed by atoms with van der Waals surface area (Å²) in [7, 11) is 0. The van der Waals surface area contributed by atoms with Crippen LogP contribution in [0.2, 0.25) is 0 Å². The Morgan fingerprint density at radius 3 is 2.83 bits per heavy atom. The van der Waals surface area contributed by atoms with Crippen LogP contribution in [0.5, 0.6) is 0 Å². The minimum Gasteiger partial charge on any atom is -0.480 e. The summed E-state index contributed by atoms with van der Waals surface area (Å²) in [6.07, 6.45) is 6.19. The summed E-state index contributed by atoms with van der Waals surface area (Å²) in [5, 5.41) is 13.4. The summed E-state index contributed by atoms with van der Waals surface area (Å²) < 4.78 is 0. The van der Waals surface area contributed by atoms with E-state index in [1.165, 1.54) is 25.0 Å². The van der Waals surface area contributed by atoms with Gasteiger partial charge in [0.25, 0.3) is 0 Å². The quantitative estimate of drug-likeness (QED) is 0.699. The highest BCUT2D eigenvalue weighted by molar-refractivity contribution is 7.99. The fourth-order valence-electron chi connectivity index (χ4n) is 2.70. The second-order valence-electron chi connectivity index (χ2n) is 5.63. The van der Waals surface area contributed by atoms with Gasteiger partial charge < -0.3 is 5.11 Å². The van der Waals surface area contributed by atoms with Crippen molar-refractivity contribution >= 4 is 17.7 Å². The van der Waals surface area contributed by atoms with Gasteiger partial charge in [0, 0.05) is 11.3 Å². The van der Waals surface area contributed by atoms with Crippen LogP contribution in [0.1, 0.15) is 59.3 Å². The van der Waals surface area contributed by atoms with Crippen molar-refractivity contribution in [2.75, 3.05) is 5.75 Å². The summed E-state index contributed by atoms with van der Waals surface area (Å²) >= 11 is 1.97. The van der Waals surface area contributed by atoms with Crippen LogP contribution in [-0.2, 0) is 4.79 Å². The van der Waals surface area contributed by atoms with E-state index in [2.05, 4.69) is 12.2 Å². The molecule has 0 saturated heterocycles. The first-order valence-corrected chi connectivity index (χ1v) is 8.17. The lowest BCUT2D eigenvalue weighted by Crippen LogP contribution is -2.57. The van der Waals surface area contributed by atoms with Crippen LogP contribution in [0, 0.1) is 0 Å². The summed E-state index contributed by atoms with van der Waals surface area (Å²) in [4.78, 5) is 11.6. The van der Waals surface area contributed by atoms with E-state index >= 15 is 0 Å². The number of nitrogens with one attached hydrogen (secondary N) is 1. The molecule has 2 atom stereocenters. The Morgan fingerprint density at radius 2 is 2.28 bits per heavy atom. The summed E-state index contributed by atoms with van der Waals surface area (Å²) in [5.74, 6) is 0.496. The molecule has 0 heterocycles. The van der Waals surface area contributed by atoms with Gasteiger partial charge in [0.2, 0.25) is 0 Å². The molecule has 0 spiro atoms. The minimum absolute atomic E-state index is 0.223. The van der Waals surface area contributed by atoms with Crippen molar-refractivity contribution in [2.45, 2.75) is 76.1 Å². The van der Waals surface area contributed by atoms with Crippen molar-refractivity contribution in [3.05, 3.63) is 0 Å². The SMILES string of the molecule is CCCCSC1CCCC(NC(C)C)(C(=O)O)C1. The first-order valence-electron chi connectivity index (χ1n) is 7.13. The summed E-state index contributed by atoms with van der Waals surface area (Å²) in [6, 6.07) is 0.223. The van der Waals surface area contributed by atoms with Gasteiger partial charge in [-0.2, -0.15) is 11.8 Å². The van der Waals surface area contributed by atoms with Gasteiger partial charge in [0.15, 0.2) is 0 Å². The zero-order valence-corrected chi connectivity index (χ0v) is 12.7. The molecule has 0 radical (unpaired) electrons. The smallest absolute Gasteiger partial charge is 0.323 e. The molecule has 2 N–H and O–H groups in total. The fraction of sp³-hybridized carbons (Fsp3) is 0.929. The lowest BCUT2D eigenvalue weighted by molar-refractivity contribution is -0.146. The van der Waals surface area contributed by atoms with Crippen molar-refractivity contribution < 1.29 is 9.90 Å². The van der Waals surface area contributed by atoms with Gasteiger partial charge in [-0.25, -0.2) is 0 Å². The fourth-order valence-corrected chi connectivity index (χ4v) is 4.22. The highest BCUT2D eigenvalue weighted by Gasteiger charge is 2.43. The molecule has 1 saturated carbocycles. The predicted molar refractivity (Wildman–Crippen MR) is 78.3 cm³/mol. The lowest BCUT2D eigenvalue weighted by Gasteiger charge is -2.39. The van der Waals surface area contributed by atoms with Gasteiger partial charge in [-0.3, -0.25) is 10.1 Å². The summed E-state index contributed by atoms with van der Waals surface area (Å²) in [5.41, 5.74) is -0.684. The Balaban J connectivity index is 2.59. The van der Waals surface area contributed by atoms with Gasteiger partial charge in [0.05, 0.1) is 0 Å². The molecule has 0 aromatic rings. The van der Waals surface area contributed by atoms with E-state index in [9.17, 15) is 9.90 Å². The maximum atomic E-state index is 11.6. The lowest BCUT2D eigenvalue weighted by atomic mass is 9.81. The van der Waals surface area contributed by atoms with Crippen molar-refractivity contribution in [3.8, 4) is 0 Å². The molecule has 0 aromatic carbocycles. The zero-order valence-electron chi connectivity index (χ0n) is 11.9. The molecular formula is C14H27NO2S. The molecule has 0 bridgehead atoms. The number of hydrogen-bond acceptors (Lipinski definition) is 3. The Hall–Kier alpha value is -0.220. The van der Waals surface area contributed by atoms with E-state index in [4.69, 9.17) is 0 Å². The monoisotopic (exact) mass is 273 g/mol. The van der Waals surface area contributed by atoms with Crippen LogP contribution < -0.4 is 5.32 Å². The first kappa shape index (κ1) is 15.8. The second kappa shape index (κ2) is 7.39. The van der Waals surface area contributed by atoms with Gasteiger partial charge in [-0.05, 0) is 51.7 Å². The predicted octanol–water partition coefficient (Wildman–Crippen LogP) is 3.28. The van der Waals surface area contributed by atoms with Crippen LogP contribution in [0.25, 0.3) is 0 Å². The van der Waals surface area contributed by atoms with E-state index in [0.29, 0.717) is 5.25 Å². The molecule has 3 nitrogen and oxygen atoms in total. The number of rotatable bonds is 7. The number of hydrogen-bond donors (Lipinski definition) is 2. The van der Waals surface area contributed by atoms with Crippen molar-refractivity contribution in [3.63, 3.8) is 0 Å². The van der Waals surface area contributed by atoms with Crippen LogP contribution in [0.4, 0.5) is 0 Å². The Kier molecular flexibility index (Phi) is 6.50. The standard InChI is InChI=1S/C14H27NO2S/c1-4-5-9-18-12-7-6-8-14(10-12,13(16)17)15-11(2)3/h11-12,15H,4-10H2,1-3H3,(H,16,17). The molecule has 1 rings (SSSR count). The molecule has 4 heteroatoms. The van der Waals surface area contributed by atoms with E-state index in [1.807, 2.05) is 25.6 Å². The van der Waals surface area contributed by atoms with E-state index in [1.54, 1.807) is 0 Å². The number of carboxylic acid groups (broad SMARTS) is 1. The largest absolute Gasteiger partial charge is 0.480 e. The molecule has 1 aliphatic carbocycles. The van der Waals surface area contributed by atoms with Crippen LogP contribution >= 0.6 is 11.8 Å². The molecule has 18 heavy (non-hydrogen) atoms. The minimum atomic E-state index is -0.684.